The summed E-state index contributed by atoms with van der Waals surface area (Å²) in [4.78, 5) is 24.3. The molecule has 0 aliphatic carbocycles. The summed E-state index contributed by atoms with van der Waals surface area (Å²) in [7, 11) is 0. The van der Waals surface area contributed by atoms with Crippen molar-refractivity contribution < 1.29 is 4.79 Å². The number of carbonyl (C=O) groups is 1. The zero-order valence-corrected chi connectivity index (χ0v) is 12.0. The Kier molecular flexibility index (Phi) is 4.22. The quantitative estimate of drug-likeness (QED) is 0.892. The van der Waals surface area contributed by atoms with Crippen LogP contribution in [0.2, 0.25) is 0 Å². The van der Waals surface area contributed by atoms with Crippen LogP contribution in [0.5, 0.6) is 0 Å². The lowest BCUT2D eigenvalue weighted by Crippen LogP contribution is -2.38. The van der Waals surface area contributed by atoms with Crippen LogP contribution in [0, 0.1) is 5.92 Å². The number of hydrogen-bond acceptors (Lipinski definition) is 3. The molecular weight excluding hydrogens is 256 g/mol. The van der Waals surface area contributed by atoms with Gasteiger partial charge in [0.2, 0.25) is 5.91 Å². The first kappa shape index (κ1) is 14.3. The summed E-state index contributed by atoms with van der Waals surface area (Å²) in [5.74, 6) is 0.347. The number of amides is 1. The van der Waals surface area contributed by atoms with E-state index >= 15 is 0 Å². The summed E-state index contributed by atoms with van der Waals surface area (Å²) in [5, 5.41) is 6.89. The van der Waals surface area contributed by atoms with Crippen LogP contribution in [-0.4, -0.2) is 26.6 Å². The molecule has 2 heterocycles. The largest absolute Gasteiger partial charge is 0.354 e. The normalized spacial score (nSPS) is 12.8. The Morgan fingerprint density at radius 2 is 2.15 bits per heavy atom. The first-order chi connectivity index (χ1) is 9.50. The number of hydrogen-bond donors (Lipinski definition) is 1. The number of rotatable bonds is 5. The third-order valence-corrected chi connectivity index (χ3v) is 3.27. The topological polar surface area (TPSA) is 68.4 Å². The maximum absolute atomic E-state index is 12.2. The van der Waals surface area contributed by atoms with Gasteiger partial charge in [-0.25, -0.2) is 4.68 Å². The predicted octanol–water partition coefficient (Wildman–Crippen LogP) is 1.22. The van der Waals surface area contributed by atoms with Crippen molar-refractivity contribution in [3.63, 3.8) is 0 Å². The van der Waals surface area contributed by atoms with E-state index < -0.39 is 6.04 Å². The Hall–Kier alpha value is -2.11. The van der Waals surface area contributed by atoms with Gasteiger partial charge in [0.05, 0.1) is 0 Å². The lowest BCUT2D eigenvalue weighted by Gasteiger charge is -2.14. The van der Waals surface area contributed by atoms with E-state index in [9.17, 15) is 9.59 Å². The predicted molar refractivity (Wildman–Crippen MR) is 76.6 cm³/mol. The van der Waals surface area contributed by atoms with Crippen LogP contribution in [0.3, 0.4) is 0 Å². The molecule has 0 aliphatic heterocycles. The first-order valence-electron chi connectivity index (χ1n) is 6.83. The van der Waals surface area contributed by atoms with E-state index in [2.05, 4.69) is 24.3 Å². The number of nitrogens with zero attached hydrogens (tertiary/aromatic N) is 3. The molecule has 1 N–H and O–H groups in total. The highest BCUT2D eigenvalue weighted by Gasteiger charge is 2.18. The third kappa shape index (κ3) is 2.89. The van der Waals surface area contributed by atoms with Crippen LogP contribution >= 0.6 is 0 Å². The van der Waals surface area contributed by atoms with Crippen molar-refractivity contribution in [1.82, 2.24) is 19.5 Å². The van der Waals surface area contributed by atoms with Gasteiger partial charge in [0.15, 0.2) is 0 Å². The SMILES string of the molecule is CC(C)CCNC(=O)C(C)n1ncn2cccc2c1=O. The van der Waals surface area contributed by atoms with E-state index in [1.54, 1.807) is 29.7 Å². The minimum atomic E-state index is -0.616. The van der Waals surface area contributed by atoms with Crippen molar-refractivity contribution in [2.45, 2.75) is 33.2 Å². The maximum atomic E-state index is 12.2. The molecule has 0 spiro atoms. The molecule has 2 aromatic heterocycles. The number of nitrogens with one attached hydrogen (secondary N) is 1. The van der Waals surface area contributed by atoms with Crippen molar-refractivity contribution in [3.8, 4) is 0 Å². The molecule has 1 atom stereocenters. The second-order valence-corrected chi connectivity index (χ2v) is 5.33. The maximum Gasteiger partial charge on any atom is 0.291 e. The van der Waals surface area contributed by atoms with Crippen LogP contribution in [-0.2, 0) is 4.79 Å². The van der Waals surface area contributed by atoms with Crippen LogP contribution in [0.25, 0.3) is 5.52 Å². The molecule has 0 saturated heterocycles. The first-order valence-corrected chi connectivity index (χ1v) is 6.83. The molecule has 2 aromatic rings. The number of carbonyl (C=O) groups excluding carboxylic acids is 1. The summed E-state index contributed by atoms with van der Waals surface area (Å²) in [5.41, 5.74) is 0.255. The minimum Gasteiger partial charge on any atom is -0.354 e. The molecule has 0 aliphatic rings. The zero-order valence-electron chi connectivity index (χ0n) is 12.0. The molecule has 6 heteroatoms. The smallest absolute Gasteiger partial charge is 0.291 e. The summed E-state index contributed by atoms with van der Waals surface area (Å²) in [6, 6.07) is 2.87. The molecular formula is C14H20N4O2. The van der Waals surface area contributed by atoms with E-state index in [1.165, 1.54) is 11.0 Å². The number of fused-ring (bicyclic) bond motifs is 1. The second kappa shape index (κ2) is 5.90. The number of aromatic nitrogens is 3. The molecule has 0 radical (unpaired) electrons. The Balaban J connectivity index is 2.14. The van der Waals surface area contributed by atoms with E-state index in [-0.39, 0.29) is 11.5 Å². The van der Waals surface area contributed by atoms with Crippen LogP contribution in [0.15, 0.2) is 29.5 Å². The van der Waals surface area contributed by atoms with Gasteiger partial charge < -0.3 is 9.72 Å². The lowest BCUT2D eigenvalue weighted by atomic mass is 10.1. The molecule has 2 rings (SSSR count). The van der Waals surface area contributed by atoms with Gasteiger partial charge in [0.1, 0.15) is 17.9 Å². The third-order valence-electron chi connectivity index (χ3n) is 3.27. The van der Waals surface area contributed by atoms with Crippen molar-refractivity contribution in [1.29, 1.82) is 0 Å². The van der Waals surface area contributed by atoms with Gasteiger partial charge in [-0.05, 0) is 31.4 Å². The Labute approximate surface area is 117 Å². The summed E-state index contributed by atoms with van der Waals surface area (Å²) >= 11 is 0. The average molecular weight is 276 g/mol. The van der Waals surface area contributed by atoms with Crippen molar-refractivity contribution in [2.24, 2.45) is 5.92 Å². The standard InChI is InChI=1S/C14H20N4O2/c1-10(2)6-7-15-13(19)11(3)18-14(20)12-5-4-8-17(12)9-16-18/h4-5,8-11H,6-7H2,1-3H3,(H,15,19). The molecule has 1 amide bonds. The van der Waals surface area contributed by atoms with Gasteiger partial charge in [-0.3, -0.25) is 9.59 Å². The molecule has 0 aromatic carbocycles. The van der Waals surface area contributed by atoms with Gasteiger partial charge in [-0.1, -0.05) is 13.8 Å². The molecule has 6 nitrogen and oxygen atoms in total. The fourth-order valence-corrected chi connectivity index (χ4v) is 1.98. The van der Waals surface area contributed by atoms with Gasteiger partial charge in [0.25, 0.3) is 5.56 Å². The highest BCUT2D eigenvalue weighted by atomic mass is 16.2. The fourth-order valence-electron chi connectivity index (χ4n) is 1.98. The monoisotopic (exact) mass is 276 g/mol. The Bertz CT molecular complexity index is 656. The zero-order chi connectivity index (χ0) is 14.7. The molecule has 20 heavy (non-hydrogen) atoms. The summed E-state index contributed by atoms with van der Waals surface area (Å²) in [6.07, 6.45) is 4.20. The Morgan fingerprint density at radius 1 is 1.40 bits per heavy atom. The average Bonchev–Trinajstić information content (AvgIpc) is 2.87. The van der Waals surface area contributed by atoms with Gasteiger partial charge in [-0.15, -0.1) is 0 Å². The van der Waals surface area contributed by atoms with E-state index in [4.69, 9.17) is 0 Å². The van der Waals surface area contributed by atoms with Crippen molar-refractivity contribution in [3.05, 3.63) is 35.0 Å². The molecule has 108 valence electrons. The lowest BCUT2D eigenvalue weighted by molar-refractivity contribution is -0.124. The van der Waals surface area contributed by atoms with E-state index in [0.717, 1.165) is 6.42 Å². The fraction of sp³-hybridized carbons (Fsp3) is 0.500. The molecule has 0 fully saturated rings. The van der Waals surface area contributed by atoms with Crippen LogP contribution in [0.4, 0.5) is 0 Å². The second-order valence-electron chi connectivity index (χ2n) is 5.33. The summed E-state index contributed by atoms with van der Waals surface area (Å²) in [6.45, 7) is 6.49. The van der Waals surface area contributed by atoms with Crippen molar-refractivity contribution in [2.75, 3.05) is 6.54 Å². The van der Waals surface area contributed by atoms with Crippen LogP contribution in [0.1, 0.15) is 33.2 Å². The van der Waals surface area contributed by atoms with E-state index in [1.807, 2.05) is 0 Å². The molecule has 0 bridgehead atoms. The van der Waals surface area contributed by atoms with Gasteiger partial charge in [-0.2, -0.15) is 5.10 Å². The van der Waals surface area contributed by atoms with Crippen molar-refractivity contribution >= 4 is 11.4 Å². The minimum absolute atomic E-state index is 0.184. The highest BCUT2D eigenvalue weighted by Crippen LogP contribution is 2.03. The van der Waals surface area contributed by atoms with Gasteiger partial charge in [0, 0.05) is 12.7 Å². The van der Waals surface area contributed by atoms with Gasteiger partial charge >= 0.3 is 0 Å². The van der Waals surface area contributed by atoms with E-state index in [0.29, 0.717) is 18.0 Å². The molecule has 0 saturated carbocycles. The molecule has 1 unspecified atom stereocenters. The Morgan fingerprint density at radius 3 is 2.85 bits per heavy atom. The van der Waals surface area contributed by atoms with Crippen LogP contribution < -0.4 is 10.9 Å². The summed E-state index contributed by atoms with van der Waals surface area (Å²) < 4.78 is 2.86. The highest BCUT2D eigenvalue weighted by molar-refractivity contribution is 5.79.